The minimum Gasteiger partial charge on any atom is -0.444 e. The summed E-state index contributed by atoms with van der Waals surface area (Å²) >= 11 is 0. The first kappa shape index (κ1) is 22.7. The number of nitrogens with zero attached hydrogens (tertiary/aromatic N) is 4. The maximum Gasteiger partial charge on any atom is 0.413 e. The molecule has 0 aliphatic carbocycles. The van der Waals surface area contributed by atoms with Crippen molar-refractivity contribution in [1.29, 1.82) is 0 Å². The van der Waals surface area contributed by atoms with Gasteiger partial charge in [-0.05, 0) is 44.5 Å². The Morgan fingerprint density at radius 1 is 1.19 bits per heavy atom. The van der Waals surface area contributed by atoms with E-state index in [1.165, 1.54) is 16.5 Å². The van der Waals surface area contributed by atoms with Crippen molar-refractivity contribution >= 4 is 40.3 Å². The molecule has 10 heteroatoms. The van der Waals surface area contributed by atoms with Gasteiger partial charge in [-0.15, -0.1) is 0 Å². The first-order valence-corrected chi connectivity index (χ1v) is 9.94. The number of carbonyl (C=O) groups excluding carboxylic acids is 3. The molecule has 3 amide bonds. The van der Waals surface area contributed by atoms with Crippen LogP contribution in [0.2, 0.25) is 0 Å². The molecular formula is C22H26N6O4. The second-order valence-corrected chi connectivity index (χ2v) is 8.36. The van der Waals surface area contributed by atoms with Crippen LogP contribution in [-0.4, -0.2) is 38.3 Å². The van der Waals surface area contributed by atoms with Gasteiger partial charge in [0.2, 0.25) is 5.91 Å². The van der Waals surface area contributed by atoms with Crippen molar-refractivity contribution < 1.29 is 19.1 Å². The Morgan fingerprint density at radius 3 is 2.50 bits per heavy atom. The van der Waals surface area contributed by atoms with Gasteiger partial charge < -0.3 is 15.4 Å². The van der Waals surface area contributed by atoms with E-state index in [9.17, 15) is 14.4 Å². The van der Waals surface area contributed by atoms with Crippen molar-refractivity contribution in [3.05, 3.63) is 47.8 Å². The molecule has 0 radical (unpaired) electrons. The summed E-state index contributed by atoms with van der Waals surface area (Å²) in [5.41, 5.74) is 6.55. The Kier molecular flexibility index (Phi) is 6.15. The monoisotopic (exact) mass is 438 g/mol. The van der Waals surface area contributed by atoms with Crippen LogP contribution < -0.4 is 16.0 Å². The summed E-state index contributed by atoms with van der Waals surface area (Å²) in [6.07, 6.45) is 0.975. The molecule has 0 unspecified atom stereocenters. The summed E-state index contributed by atoms with van der Waals surface area (Å²) in [4.78, 5) is 42.0. The SMILES string of the molecule is CC(=O)N(Cc1ccc2ccc(NC(=O)OC(C)(C)C)nc2c1)c1cn(C)nc1C(N)=O. The lowest BCUT2D eigenvalue weighted by Crippen LogP contribution is -2.30. The molecule has 3 rings (SSSR count). The van der Waals surface area contributed by atoms with Crippen LogP contribution in [-0.2, 0) is 23.1 Å². The molecular weight excluding hydrogens is 412 g/mol. The Balaban J connectivity index is 1.89. The summed E-state index contributed by atoms with van der Waals surface area (Å²) in [5.74, 6) is -0.644. The topological polar surface area (TPSA) is 132 Å². The van der Waals surface area contributed by atoms with Crippen LogP contribution in [0.15, 0.2) is 36.5 Å². The number of benzene rings is 1. The number of primary amides is 1. The second-order valence-electron chi connectivity index (χ2n) is 8.36. The highest BCUT2D eigenvalue weighted by molar-refractivity contribution is 6.02. The van der Waals surface area contributed by atoms with E-state index in [1.807, 2.05) is 24.3 Å². The average molecular weight is 438 g/mol. The van der Waals surface area contributed by atoms with Crippen LogP contribution in [0.25, 0.3) is 10.9 Å². The lowest BCUT2D eigenvalue weighted by Gasteiger charge is -2.21. The number of hydrogen-bond donors (Lipinski definition) is 2. The lowest BCUT2D eigenvalue weighted by molar-refractivity contribution is -0.116. The zero-order valence-corrected chi connectivity index (χ0v) is 18.7. The first-order chi connectivity index (χ1) is 14.9. The summed E-state index contributed by atoms with van der Waals surface area (Å²) in [7, 11) is 1.65. The van der Waals surface area contributed by atoms with Gasteiger partial charge in [0.05, 0.1) is 17.7 Å². The van der Waals surface area contributed by atoms with Crippen LogP contribution in [0.1, 0.15) is 43.7 Å². The number of ether oxygens (including phenoxy) is 1. The molecule has 10 nitrogen and oxygen atoms in total. The molecule has 0 spiro atoms. The van der Waals surface area contributed by atoms with Crippen LogP contribution in [0, 0.1) is 0 Å². The number of anilines is 2. The molecule has 0 fully saturated rings. The molecule has 3 N–H and O–H groups in total. The smallest absolute Gasteiger partial charge is 0.413 e. The third-order valence-electron chi connectivity index (χ3n) is 4.44. The van der Waals surface area contributed by atoms with Gasteiger partial charge in [0.1, 0.15) is 11.4 Å². The van der Waals surface area contributed by atoms with E-state index < -0.39 is 17.6 Å². The standard InChI is InChI=1S/C22H26N6O4/c1-13(29)28(17-12-27(5)26-19(17)20(23)30)11-14-6-7-15-8-9-18(24-16(15)10-14)25-21(31)32-22(2,3)4/h6-10,12H,11H2,1-5H3,(H2,23,30)(H,24,25,31). The van der Waals surface area contributed by atoms with Crippen molar-refractivity contribution in [2.24, 2.45) is 12.8 Å². The molecule has 0 saturated carbocycles. The van der Waals surface area contributed by atoms with Gasteiger partial charge in [-0.3, -0.25) is 19.6 Å². The molecule has 0 aliphatic rings. The van der Waals surface area contributed by atoms with Gasteiger partial charge in [-0.2, -0.15) is 5.10 Å². The predicted octanol–water partition coefficient (Wildman–Crippen LogP) is 2.97. The molecule has 2 aromatic heterocycles. The maximum absolute atomic E-state index is 12.3. The number of aryl methyl sites for hydroxylation is 1. The highest BCUT2D eigenvalue weighted by atomic mass is 16.6. The number of nitrogens with two attached hydrogens (primary N) is 1. The fourth-order valence-corrected chi connectivity index (χ4v) is 3.14. The van der Waals surface area contributed by atoms with Gasteiger partial charge in [-0.1, -0.05) is 12.1 Å². The Bertz CT molecular complexity index is 1190. The fourth-order valence-electron chi connectivity index (χ4n) is 3.14. The van der Waals surface area contributed by atoms with E-state index in [0.717, 1.165) is 10.9 Å². The molecule has 168 valence electrons. The number of fused-ring (bicyclic) bond motifs is 1. The van der Waals surface area contributed by atoms with E-state index in [2.05, 4.69) is 15.4 Å². The summed E-state index contributed by atoms with van der Waals surface area (Å²) in [5, 5.41) is 7.53. The molecule has 3 aromatic rings. The number of amides is 3. The van der Waals surface area contributed by atoms with Gasteiger partial charge >= 0.3 is 6.09 Å². The minimum atomic E-state index is -0.718. The fraction of sp³-hybridized carbons (Fsp3) is 0.318. The third kappa shape index (κ3) is 5.39. The van der Waals surface area contributed by atoms with Crippen LogP contribution >= 0.6 is 0 Å². The van der Waals surface area contributed by atoms with Gasteiger partial charge in [-0.25, -0.2) is 9.78 Å². The number of rotatable bonds is 5. The second kappa shape index (κ2) is 8.66. The molecule has 1 aromatic carbocycles. The molecule has 32 heavy (non-hydrogen) atoms. The van der Waals surface area contributed by atoms with E-state index in [-0.39, 0.29) is 18.1 Å². The Morgan fingerprint density at radius 2 is 1.88 bits per heavy atom. The molecule has 0 saturated heterocycles. The Hall–Kier alpha value is -3.95. The Labute approximate surface area is 185 Å². The quantitative estimate of drug-likeness (QED) is 0.629. The number of carbonyl (C=O) groups is 3. The van der Waals surface area contributed by atoms with E-state index in [0.29, 0.717) is 17.0 Å². The van der Waals surface area contributed by atoms with Gasteiger partial charge in [0.15, 0.2) is 5.69 Å². The van der Waals surface area contributed by atoms with Crippen molar-refractivity contribution in [3.8, 4) is 0 Å². The lowest BCUT2D eigenvalue weighted by atomic mass is 10.1. The molecule has 2 heterocycles. The zero-order valence-electron chi connectivity index (χ0n) is 18.7. The molecule has 0 bridgehead atoms. The number of hydrogen-bond acceptors (Lipinski definition) is 6. The van der Waals surface area contributed by atoms with Gasteiger partial charge in [0.25, 0.3) is 5.91 Å². The van der Waals surface area contributed by atoms with Crippen LogP contribution in [0.4, 0.5) is 16.3 Å². The summed E-state index contributed by atoms with van der Waals surface area (Å²) < 4.78 is 6.69. The van der Waals surface area contributed by atoms with Crippen molar-refractivity contribution in [3.63, 3.8) is 0 Å². The largest absolute Gasteiger partial charge is 0.444 e. The minimum absolute atomic E-state index is 0.0189. The van der Waals surface area contributed by atoms with Crippen molar-refractivity contribution in [2.75, 3.05) is 10.2 Å². The predicted molar refractivity (Wildman–Crippen MR) is 120 cm³/mol. The van der Waals surface area contributed by atoms with Crippen LogP contribution in [0.3, 0.4) is 0 Å². The molecule has 0 aliphatic heterocycles. The number of nitrogens with one attached hydrogen (secondary N) is 1. The number of aromatic nitrogens is 3. The highest BCUT2D eigenvalue weighted by Crippen LogP contribution is 2.24. The van der Waals surface area contributed by atoms with Crippen molar-refractivity contribution in [2.45, 2.75) is 39.8 Å². The van der Waals surface area contributed by atoms with E-state index in [1.54, 1.807) is 40.1 Å². The molecule has 0 atom stereocenters. The third-order valence-corrected chi connectivity index (χ3v) is 4.44. The summed E-state index contributed by atoms with van der Waals surface area (Å²) in [6.45, 7) is 6.92. The van der Waals surface area contributed by atoms with E-state index >= 15 is 0 Å². The zero-order chi connectivity index (χ0) is 23.6. The van der Waals surface area contributed by atoms with Gasteiger partial charge in [0, 0.05) is 25.6 Å². The average Bonchev–Trinajstić information content (AvgIpc) is 3.05. The number of pyridine rings is 1. The van der Waals surface area contributed by atoms with Crippen LogP contribution in [0.5, 0.6) is 0 Å². The normalized spacial score (nSPS) is 11.3. The van der Waals surface area contributed by atoms with E-state index in [4.69, 9.17) is 10.5 Å². The van der Waals surface area contributed by atoms with Crippen molar-refractivity contribution in [1.82, 2.24) is 14.8 Å². The first-order valence-electron chi connectivity index (χ1n) is 9.94. The highest BCUT2D eigenvalue weighted by Gasteiger charge is 2.22. The maximum atomic E-state index is 12.3. The summed E-state index contributed by atoms with van der Waals surface area (Å²) in [6, 6.07) is 9.05.